The first-order valence-corrected chi connectivity index (χ1v) is 7.56. The van der Waals surface area contributed by atoms with Crippen molar-refractivity contribution in [2.75, 3.05) is 47.1 Å². The van der Waals surface area contributed by atoms with Gasteiger partial charge in [0.05, 0.1) is 30.5 Å². The van der Waals surface area contributed by atoms with Gasteiger partial charge < -0.3 is 20.1 Å². The molecule has 20 heavy (non-hydrogen) atoms. The summed E-state index contributed by atoms with van der Waals surface area (Å²) in [6.07, 6.45) is 0.898. The fraction of sp³-hybridized carbons (Fsp3) is 0.692. The topological polar surface area (TPSA) is 67.8 Å². The van der Waals surface area contributed by atoms with Crippen molar-refractivity contribution in [2.24, 2.45) is 4.99 Å². The van der Waals surface area contributed by atoms with Crippen molar-refractivity contribution in [3.05, 3.63) is 16.1 Å². The van der Waals surface area contributed by atoms with Crippen molar-refractivity contribution in [3.63, 3.8) is 0 Å². The van der Waals surface area contributed by atoms with Crippen LogP contribution in [0.25, 0.3) is 0 Å². The number of hydrogen-bond donors (Lipinski definition) is 2. The predicted molar refractivity (Wildman–Crippen MR) is 82.6 cm³/mol. The predicted octanol–water partition coefficient (Wildman–Crippen LogP) is 0.822. The Bertz CT molecular complexity index is 395. The van der Waals surface area contributed by atoms with Crippen LogP contribution >= 0.6 is 11.3 Å². The third-order valence-corrected chi connectivity index (χ3v) is 3.36. The normalized spacial score (nSPS) is 11.7. The summed E-state index contributed by atoms with van der Waals surface area (Å²) in [7, 11) is 3.42. The molecule has 0 saturated carbocycles. The van der Waals surface area contributed by atoms with Gasteiger partial charge in [0.15, 0.2) is 5.96 Å². The summed E-state index contributed by atoms with van der Waals surface area (Å²) < 4.78 is 10.3. The van der Waals surface area contributed by atoms with E-state index in [2.05, 4.69) is 26.0 Å². The summed E-state index contributed by atoms with van der Waals surface area (Å²) in [5, 5.41) is 9.65. The summed E-state index contributed by atoms with van der Waals surface area (Å²) in [6.45, 7) is 5.43. The Morgan fingerprint density at radius 1 is 1.30 bits per heavy atom. The Balaban J connectivity index is 2.07. The highest BCUT2D eigenvalue weighted by molar-refractivity contribution is 7.09. The summed E-state index contributed by atoms with van der Waals surface area (Å²) in [4.78, 5) is 8.58. The number of aromatic nitrogens is 1. The molecule has 7 heteroatoms. The first-order chi connectivity index (χ1) is 9.76. The van der Waals surface area contributed by atoms with Crippen LogP contribution in [0.5, 0.6) is 0 Å². The van der Waals surface area contributed by atoms with Crippen molar-refractivity contribution >= 4 is 17.3 Å². The lowest BCUT2D eigenvalue weighted by Crippen LogP contribution is -2.39. The second kappa shape index (κ2) is 10.6. The molecular weight excluding hydrogens is 276 g/mol. The van der Waals surface area contributed by atoms with Crippen molar-refractivity contribution in [2.45, 2.75) is 13.3 Å². The molecule has 0 amide bonds. The van der Waals surface area contributed by atoms with Gasteiger partial charge in [-0.25, -0.2) is 4.98 Å². The molecule has 1 rings (SSSR count). The number of guanidine groups is 1. The Hall–Kier alpha value is -1.18. The van der Waals surface area contributed by atoms with Gasteiger partial charge in [-0.1, -0.05) is 0 Å². The molecule has 6 nitrogen and oxygen atoms in total. The molecule has 0 fully saturated rings. The highest BCUT2D eigenvalue weighted by atomic mass is 32.1. The molecule has 0 aliphatic heterocycles. The Morgan fingerprint density at radius 2 is 2.10 bits per heavy atom. The van der Waals surface area contributed by atoms with E-state index in [0.717, 1.165) is 36.2 Å². The smallest absolute Gasteiger partial charge is 0.191 e. The average molecular weight is 300 g/mol. The lowest BCUT2D eigenvalue weighted by molar-refractivity contribution is 0.0733. The molecule has 0 aromatic carbocycles. The summed E-state index contributed by atoms with van der Waals surface area (Å²) in [6, 6.07) is 0. The van der Waals surface area contributed by atoms with Gasteiger partial charge in [-0.15, -0.1) is 11.3 Å². The average Bonchev–Trinajstić information content (AvgIpc) is 2.86. The second-order valence-electron chi connectivity index (χ2n) is 4.14. The zero-order chi connectivity index (χ0) is 14.6. The standard InChI is InChI=1S/C13H24N4O2S/c1-11-17-12(10-20-11)4-5-15-13(14-2)16-6-7-19-9-8-18-3/h10H,4-9H2,1-3H3,(H2,14,15,16). The number of hydrogen-bond acceptors (Lipinski definition) is 5. The van der Waals surface area contributed by atoms with E-state index >= 15 is 0 Å². The van der Waals surface area contributed by atoms with E-state index in [-0.39, 0.29) is 0 Å². The third-order valence-electron chi connectivity index (χ3n) is 2.53. The number of aryl methyl sites for hydroxylation is 1. The van der Waals surface area contributed by atoms with Crippen LogP contribution in [-0.4, -0.2) is 58.0 Å². The van der Waals surface area contributed by atoms with Crippen LogP contribution in [0.4, 0.5) is 0 Å². The summed E-state index contributed by atoms with van der Waals surface area (Å²) in [5.74, 6) is 0.785. The molecular formula is C13H24N4O2S. The maximum absolute atomic E-state index is 5.37. The number of nitrogens with zero attached hydrogens (tertiary/aromatic N) is 2. The fourth-order valence-electron chi connectivity index (χ4n) is 1.54. The Kier molecular flexibility index (Phi) is 8.93. The SMILES string of the molecule is CN=C(NCCOCCOC)NCCc1csc(C)n1. The molecule has 0 spiro atoms. The lowest BCUT2D eigenvalue weighted by atomic mass is 10.3. The number of nitrogens with one attached hydrogen (secondary N) is 2. The number of aliphatic imine (C=N–C) groups is 1. The van der Waals surface area contributed by atoms with E-state index in [1.165, 1.54) is 0 Å². The maximum atomic E-state index is 5.37. The molecule has 1 aromatic heterocycles. The molecule has 0 aliphatic carbocycles. The van der Waals surface area contributed by atoms with Crippen LogP contribution in [0.15, 0.2) is 10.4 Å². The summed E-state index contributed by atoms with van der Waals surface area (Å²) >= 11 is 1.68. The molecule has 0 atom stereocenters. The molecule has 114 valence electrons. The molecule has 0 unspecified atom stereocenters. The van der Waals surface area contributed by atoms with Crippen molar-refractivity contribution < 1.29 is 9.47 Å². The van der Waals surface area contributed by atoms with E-state index < -0.39 is 0 Å². The van der Waals surface area contributed by atoms with Crippen LogP contribution in [0.3, 0.4) is 0 Å². The van der Waals surface area contributed by atoms with Gasteiger partial charge in [-0.3, -0.25) is 4.99 Å². The van der Waals surface area contributed by atoms with Crippen molar-refractivity contribution in [1.82, 2.24) is 15.6 Å². The van der Waals surface area contributed by atoms with E-state index in [1.807, 2.05) is 6.92 Å². The minimum absolute atomic E-state index is 0.618. The highest BCUT2D eigenvalue weighted by Gasteiger charge is 2.00. The number of ether oxygens (including phenoxy) is 2. The van der Waals surface area contributed by atoms with Crippen LogP contribution < -0.4 is 10.6 Å². The van der Waals surface area contributed by atoms with Gasteiger partial charge in [-0.2, -0.15) is 0 Å². The molecule has 0 aliphatic rings. The Morgan fingerprint density at radius 3 is 2.75 bits per heavy atom. The van der Waals surface area contributed by atoms with Gasteiger partial charge in [0, 0.05) is 39.0 Å². The van der Waals surface area contributed by atoms with Crippen molar-refractivity contribution in [1.29, 1.82) is 0 Å². The van der Waals surface area contributed by atoms with E-state index in [0.29, 0.717) is 19.8 Å². The van der Waals surface area contributed by atoms with Crippen molar-refractivity contribution in [3.8, 4) is 0 Å². The lowest BCUT2D eigenvalue weighted by Gasteiger charge is -2.11. The van der Waals surface area contributed by atoms with Gasteiger partial charge in [0.25, 0.3) is 0 Å². The third kappa shape index (κ3) is 7.42. The zero-order valence-electron chi connectivity index (χ0n) is 12.4. The number of methoxy groups -OCH3 is 1. The van der Waals surface area contributed by atoms with E-state index in [9.17, 15) is 0 Å². The highest BCUT2D eigenvalue weighted by Crippen LogP contribution is 2.07. The van der Waals surface area contributed by atoms with Crippen LogP contribution in [-0.2, 0) is 15.9 Å². The number of rotatable bonds is 9. The minimum atomic E-state index is 0.618. The van der Waals surface area contributed by atoms with Gasteiger partial charge in [0.1, 0.15) is 0 Å². The van der Waals surface area contributed by atoms with Crippen LogP contribution in [0.2, 0.25) is 0 Å². The Labute approximate surface area is 124 Å². The van der Waals surface area contributed by atoms with Gasteiger partial charge in [-0.05, 0) is 6.92 Å². The maximum Gasteiger partial charge on any atom is 0.191 e. The molecule has 2 N–H and O–H groups in total. The molecule has 0 radical (unpaired) electrons. The zero-order valence-corrected chi connectivity index (χ0v) is 13.3. The first kappa shape index (κ1) is 16.9. The number of thiazole rings is 1. The second-order valence-corrected chi connectivity index (χ2v) is 5.20. The monoisotopic (exact) mass is 300 g/mol. The largest absolute Gasteiger partial charge is 0.382 e. The van der Waals surface area contributed by atoms with E-state index in [4.69, 9.17) is 9.47 Å². The molecule has 1 aromatic rings. The van der Waals surface area contributed by atoms with Gasteiger partial charge >= 0.3 is 0 Å². The van der Waals surface area contributed by atoms with E-state index in [1.54, 1.807) is 25.5 Å². The summed E-state index contributed by atoms with van der Waals surface area (Å²) in [5.41, 5.74) is 1.12. The first-order valence-electron chi connectivity index (χ1n) is 6.68. The minimum Gasteiger partial charge on any atom is -0.382 e. The quantitative estimate of drug-likeness (QED) is 0.401. The fourth-order valence-corrected chi connectivity index (χ4v) is 2.19. The molecule has 0 bridgehead atoms. The van der Waals surface area contributed by atoms with Crippen LogP contribution in [0, 0.1) is 6.92 Å². The molecule has 0 saturated heterocycles. The molecule has 1 heterocycles. The van der Waals surface area contributed by atoms with Gasteiger partial charge in [0.2, 0.25) is 0 Å². The van der Waals surface area contributed by atoms with Crippen LogP contribution in [0.1, 0.15) is 10.7 Å².